The Balaban J connectivity index is 2.05. The molecule has 1 fully saturated rings. The molecule has 2 heteroatoms. The normalized spacial score (nSPS) is 19.1. The second-order valence-electron chi connectivity index (χ2n) is 5.59. The fourth-order valence-corrected chi connectivity index (χ4v) is 2.57. The first-order chi connectivity index (χ1) is 8.70. The Morgan fingerprint density at radius 3 is 2.83 bits per heavy atom. The van der Waals surface area contributed by atoms with Gasteiger partial charge in [0, 0.05) is 5.39 Å². The van der Waals surface area contributed by atoms with Gasteiger partial charge in [0.05, 0.1) is 6.04 Å². The van der Waals surface area contributed by atoms with Gasteiger partial charge in [0.2, 0.25) is 0 Å². The summed E-state index contributed by atoms with van der Waals surface area (Å²) in [6.07, 6.45) is 3.62. The number of benzene rings is 1. The van der Waals surface area contributed by atoms with Crippen molar-refractivity contribution in [2.24, 2.45) is 11.7 Å². The molecule has 1 heterocycles. The van der Waals surface area contributed by atoms with Gasteiger partial charge in [-0.1, -0.05) is 32.0 Å². The lowest BCUT2D eigenvalue weighted by molar-refractivity contribution is 0.464. The van der Waals surface area contributed by atoms with Crippen LogP contribution in [0.25, 0.3) is 11.0 Å². The van der Waals surface area contributed by atoms with Crippen LogP contribution in [0.4, 0.5) is 0 Å². The minimum atomic E-state index is 0.0854. The molecule has 0 saturated heterocycles. The molecule has 2 atom stereocenters. The molecule has 3 rings (SSSR count). The number of para-hydroxylation sites is 1. The molecule has 18 heavy (non-hydrogen) atoms. The van der Waals surface area contributed by atoms with Gasteiger partial charge in [-0.15, -0.1) is 0 Å². The van der Waals surface area contributed by atoms with Crippen LogP contribution >= 0.6 is 0 Å². The second kappa shape index (κ2) is 4.43. The van der Waals surface area contributed by atoms with E-state index in [-0.39, 0.29) is 6.04 Å². The van der Waals surface area contributed by atoms with E-state index < -0.39 is 0 Å². The Bertz CT molecular complexity index is 553. The molecular weight excluding hydrogens is 222 g/mol. The van der Waals surface area contributed by atoms with Gasteiger partial charge >= 0.3 is 0 Å². The third kappa shape index (κ3) is 1.95. The van der Waals surface area contributed by atoms with Crippen molar-refractivity contribution in [3.63, 3.8) is 0 Å². The summed E-state index contributed by atoms with van der Waals surface area (Å²) >= 11 is 0. The number of fused-ring (bicyclic) bond motifs is 1. The fraction of sp³-hybridized carbons (Fsp3) is 0.500. The highest BCUT2D eigenvalue weighted by atomic mass is 16.3. The molecule has 1 aliphatic carbocycles. The van der Waals surface area contributed by atoms with E-state index in [0.29, 0.717) is 11.8 Å². The number of hydrogen-bond donors (Lipinski definition) is 1. The maximum absolute atomic E-state index is 6.23. The van der Waals surface area contributed by atoms with Crippen LogP contribution in [0.3, 0.4) is 0 Å². The standard InChI is InChI=1S/C16H21NO/c1-3-10(2)13-6-4-5-12-9-14(18-16(12)13)15(17)11-7-8-11/h4-6,9-11,15H,3,7-8,17H2,1-2H3. The first-order valence-corrected chi connectivity index (χ1v) is 6.98. The van der Waals surface area contributed by atoms with E-state index >= 15 is 0 Å². The minimum absolute atomic E-state index is 0.0854. The van der Waals surface area contributed by atoms with Crippen molar-refractivity contribution >= 4 is 11.0 Å². The van der Waals surface area contributed by atoms with Crippen LogP contribution < -0.4 is 5.73 Å². The van der Waals surface area contributed by atoms with E-state index in [9.17, 15) is 0 Å². The van der Waals surface area contributed by atoms with E-state index in [0.717, 1.165) is 17.8 Å². The van der Waals surface area contributed by atoms with Crippen LogP contribution in [0.2, 0.25) is 0 Å². The van der Waals surface area contributed by atoms with Crippen LogP contribution in [0.1, 0.15) is 56.4 Å². The number of furan rings is 1. The third-order valence-corrected chi connectivity index (χ3v) is 4.20. The third-order valence-electron chi connectivity index (χ3n) is 4.20. The number of rotatable bonds is 4. The lowest BCUT2D eigenvalue weighted by atomic mass is 9.97. The summed E-state index contributed by atoms with van der Waals surface area (Å²) in [5.74, 6) is 2.13. The van der Waals surface area contributed by atoms with E-state index in [1.807, 2.05) is 0 Å². The molecular formula is C16H21NO. The van der Waals surface area contributed by atoms with Gasteiger partial charge in [0.25, 0.3) is 0 Å². The number of hydrogen-bond acceptors (Lipinski definition) is 2. The summed E-state index contributed by atoms with van der Waals surface area (Å²) in [5, 5.41) is 1.19. The highest BCUT2D eigenvalue weighted by Crippen LogP contribution is 2.41. The van der Waals surface area contributed by atoms with Crippen LogP contribution in [0.5, 0.6) is 0 Å². The summed E-state index contributed by atoms with van der Waals surface area (Å²) in [7, 11) is 0. The van der Waals surface area contributed by atoms with Crippen molar-refractivity contribution < 1.29 is 4.42 Å². The molecule has 0 aliphatic heterocycles. The van der Waals surface area contributed by atoms with Crippen molar-refractivity contribution in [1.29, 1.82) is 0 Å². The second-order valence-corrected chi connectivity index (χ2v) is 5.59. The molecule has 2 nitrogen and oxygen atoms in total. The van der Waals surface area contributed by atoms with Gasteiger partial charge in [0.1, 0.15) is 11.3 Å². The molecule has 1 aromatic heterocycles. The highest BCUT2D eigenvalue weighted by Gasteiger charge is 2.31. The largest absolute Gasteiger partial charge is 0.459 e. The van der Waals surface area contributed by atoms with Gasteiger partial charge in [0.15, 0.2) is 0 Å². The lowest BCUT2D eigenvalue weighted by Gasteiger charge is -2.09. The van der Waals surface area contributed by atoms with Gasteiger partial charge in [-0.05, 0) is 42.7 Å². The molecule has 2 N–H and O–H groups in total. The smallest absolute Gasteiger partial charge is 0.137 e. The zero-order valence-corrected chi connectivity index (χ0v) is 11.1. The van der Waals surface area contributed by atoms with Gasteiger partial charge in [-0.25, -0.2) is 0 Å². The molecule has 2 unspecified atom stereocenters. The molecule has 0 bridgehead atoms. The molecule has 1 saturated carbocycles. The maximum Gasteiger partial charge on any atom is 0.137 e. The average molecular weight is 243 g/mol. The predicted molar refractivity (Wildman–Crippen MR) is 74.6 cm³/mol. The van der Waals surface area contributed by atoms with Crippen molar-refractivity contribution in [3.8, 4) is 0 Å². The van der Waals surface area contributed by atoms with Crippen molar-refractivity contribution in [3.05, 3.63) is 35.6 Å². The van der Waals surface area contributed by atoms with Crippen LogP contribution in [-0.4, -0.2) is 0 Å². The van der Waals surface area contributed by atoms with Gasteiger partial charge < -0.3 is 10.2 Å². The van der Waals surface area contributed by atoms with E-state index in [4.69, 9.17) is 10.2 Å². The quantitative estimate of drug-likeness (QED) is 0.866. The summed E-state index contributed by atoms with van der Waals surface area (Å²) in [5.41, 5.74) is 8.58. The Morgan fingerprint density at radius 2 is 2.17 bits per heavy atom. The number of nitrogens with two attached hydrogens (primary N) is 1. The molecule has 96 valence electrons. The van der Waals surface area contributed by atoms with Gasteiger partial charge in [-0.2, -0.15) is 0 Å². The summed E-state index contributed by atoms with van der Waals surface area (Å²) in [6, 6.07) is 8.62. The fourth-order valence-electron chi connectivity index (χ4n) is 2.57. The zero-order chi connectivity index (χ0) is 12.7. The average Bonchev–Trinajstić information content (AvgIpc) is 3.14. The Hall–Kier alpha value is -1.28. The van der Waals surface area contributed by atoms with E-state index in [1.165, 1.54) is 23.8 Å². The Kier molecular flexibility index (Phi) is 2.90. The highest BCUT2D eigenvalue weighted by molar-refractivity contribution is 5.81. The van der Waals surface area contributed by atoms with Crippen molar-refractivity contribution in [1.82, 2.24) is 0 Å². The molecule has 1 aromatic carbocycles. The maximum atomic E-state index is 6.23. The monoisotopic (exact) mass is 243 g/mol. The Morgan fingerprint density at radius 1 is 1.39 bits per heavy atom. The van der Waals surface area contributed by atoms with Gasteiger partial charge in [-0.3, -0.25) is 0 Å². The first-order valence-electron chi connectivity index (χ1n) is 6.98. The molecule has 0 spiro atoms. The predicted octanol–water partition coefficient (Wildman–Crippen LogP) is 4.36. The minimum Gasteiger partial charge on any atom is -0.459 e. The lowest BCUT2D eigenvalue weighted by Crippen LogP contribution is -2.10. The van der Waals surface area contributed by atoms with Crippen molar-refractivity contribution in [2.45, 2.75) is 45.1 Å². The van der Waals surface area contributed by atoms with Crippen molar-refractivity contribution in [2.75, 3.05) is 0 Å². The molecule has 2 aromatic rings. The Labute approximate surface area is 108 Å². The SMILES string of the molecule is CCC(C)c1cccc2cc(C(N)C3CC3)oc12. The molecule has 0 amide bonds. The molecule has 0 radical (unpaired) electrons. The summed E-state index contributed by atoms with van der Waals surface area (Å²) in [4.78, 5) is 0. The zero-order valence-electron chi connectivity index (χ0n) is 11.1. The van der Waals surface area contributed by atoms with E-state index in [2.05, 4.69) is 38.1 Å². The molecule has 1 aliphatic rings. The van der Waals surface area contributed by atoms with Crippen LogP contribution in [-0.2, 0) is 0 Å². The first kappa shape index (κ1) is 11.8. The summed E-state index contributed by atoms with van der Waals surface area (Å²) < 4.78 is 6.06. The van der Waals surface area contributed by atoms with Crippen LogP contribution in [0.15, 0.2) is 28.7 Å². The topological polar surface area (TPSA) is 39.2 Å². The van der Waals surface area contributed by atoms with E-state index in [1.54, 1.807) is 0 Å². The summed E-state index contributed by atoms with van der Waals surface area (Å²) in [6.45, 7) is 4.46. The van der Waals surface area contributed by atoms with Crippen LogP contribution in [0, 0.1) is 5.92 Å².